The van der Waals surface area contributed by atoms with Crippen molar-refractivity contribution < 1.29 is 24.2 Å². The third kappa shape index (κ3) is 5.26. The van der Waals surface area contributed by atoms with Gasteiger partial charge in [0.25, 0.3) is 5.91 Å². The highest BCUT2D eigenvalue weighted by molar-refractivity contribution is 8.18. The predicted molar refractivity (Wildman–Crippen MR) is 106 cm³/mol. The molecule has 1 heterocycles. The molecule has 0 unspecified atom stereocenters. The van der Waals surface area contributed by atoms with Crippen LogP contribution in [0, 0.1) is 0 Å². The van der Waals surface area contributed by atoms with Crippen molar-refractivity contribution in [3.63, 3.8) is 0 Å². The number of ether oxygens (including phenoxy) is 2. The van der Waals surface area contributed by atoms with E-state index in [0.717, 1.165) is 5.56 Å². The number of thioether (sulfide) groups is 1. The Morgan fingerprint density at radius 1 is 1.30 bits per heavy atom. The van der Waals surface area contributed by atoms with E-state index in [1.165, 1.54) is 18.9 Å². The quantitative estimate of drug-likeness (QED) is 0.717. The molecular formula is C19H24N2O5S. The number of methoxy groups -OCH3 is 1. The number of aliphatic imine (C=N–C) groups is 1. The first-order valence-electron chi connectivity index (χ1n) is 8.56. The average Bonchev–Trinajstić information content (AvgIpc) is 2.88. The summed E-state index contributed by atoms with van der Waals surface area (Å²) < 4.78 is 10.5. The van der Waals surface area contributed by atoms with Crippen LogP contribution < -0.4 is 9.47 Å². The van der Waals surface area contributed by atoms with Crippen molar-refractivity contribution in [3.05, 3.63) is 28.7 Å². The molecule has 2 rings (SSSR count). The minimum Gasteiger partial charge on any atom is -0.493 e. The number of benzene rings is 1. The Hall–Kier alpha value is -2.48. The molecule has 0 aliphatic carbocycles. The maximum Gasteiger partial charge on any atom is 0.341 e. The Labute approximate surface area is 163 Å². The zero-order valence-corrected chi connectivity index (χ0v) is 16.9. The fourth-order valence-electron chi connectivity index (χ4n) is 2.44. The number of carbonyl (C=O) groups excluding carboxylic acids is 1. The van der Waals surface area contributed by atoms with Gasteiger partial charge >= 0.3 is 5.97 Å². The second-order valence-corrected chi connectivity index (χ2v) is 7.49. The van der Waals surface area contributed by atoms with Crippen molar-refractivity contribution in [2.24, 2.45) is 4.99 Å². The highest BCUT2D eigenvalue weighted by Crippen LogP contribution is 2.36. The van der Waals surface area contributed by atoms with Gasteiger partial charge in [-0.3, -0.25) is 14.7 Å². The second-order valence-electron chi connectivity index (χ2n) is 6.48. The lowest BCUT2D eigenvalue weighted by Gasteiger charge is -2.20. The number of amides is 1. The lowest BCUT2D eigenvalue weighted by molar-refractivity contribution is -0.139. The van der Waals surface area contributed by atoms with Crippen molar-refractivity contribution in [2.75, 3.05) is 13.7 Å². The number of carboxylic acid groups (broad SMARTS) is 1. The molecule has 146 valence electrons. The molecule has 0 bridgehead atoms. The number of nitrogens with zero attached hydrogens (tertiary/aromatic N) is 2. The van der Waals surface area contributed by atoms with Crippen LogP contribution in [0.4, 0.5) is 0 Å². The van der Waals surface area contributed by atoms with Crippen molar-refractivity contribution in [2.45, 2.75) is 39.8 Å². The molecule has 7 nitrogen and oxygen atoms in total. The third-order valence-corrected chi connectivity index (χ3v) is 4.56. The summed E-state index contributed by atoms with van der Waals surface area (Å²) in [6.45, 7) is 7.39. The third-order valence-electron chi connectivity index (χ3n) is 3.56. The van der Waals surface area contributed by atoms with E-state index in [2.05, 4.69) is 4.99 Å². The molecule has 8 heteroatoms. The average molecular weight is 392 g/mol. The maximum atomic E-state index is 12.8. The fourth-order valence-corrected chi connectivity index (χ4v) is 3.67. The SMILES string of the molecule is COc1cc(/C=C2/SC(=NC(C)C)N(C(C)C)C2=O)ccc1OCC(=O)O. The number of hydrogen-bond acceptors (Lipinski definition) is 6. The molecule has 1 aromatic carbocycles. The molecule has 1 N–H and O–H groups in total. The zero-order valence-electron chi connectivity index (χ0n) is 16.1. The van der Waals surface area contributed by atoms with E-state index in [4.69, 9.17) is 14.6 Å². The van der Waals surface area contributed by atoms with Gasteiger partial charge in [0.2, 0.25) is 0 Å². The molecule has 27 heavy (non-hydrogen) atoms. The van der Waals surface area contributed by atoms with Gasteiger partial charge in [-0.25, -0.2) is 4.79 Å². The summed E-state index contributed by atoms with van der Waals surface area (Å²) in [5.41, 5.74) is 0.750. The van der Waals surface area contributed by atoms with E-state index in [9.17, 15) is 9.59 Å². The summed E-state index contributed by atoms with van der Waals surface area (Å²) in [6.07, 6.45) is 1.77. The van der Waals surface area contributed by atoms with Gasteiger partial charge in [-0.15, -0.1) is 0 Å². The Bertz CT molecular complexity index is 786. The van der Waals surface area contributed by atoms with E-state index in [-0.39, 0.29) is 18.0 Å². The van der Waals surface area contributed by atoms with Gasteiger partial charge in [-0.2, -0.15) is 0 Å². The number of carboxylic acids is 1. The molecule has 1 aliphatic rings. The molecule has 1 amide bonds. The largest absolute Gasteiger partial charge is 0.493 e. The molecule has 0 aromatic heterocycles. The lowest BCUT2D eigenvalue weighted by Crippen LogP contribution is -2.35. The number of aliphatic carboxylic acids is 1. The van der Waals surface area contributed by atoms with Crippen molar-refractivity contribution in [1.82, 2.24) is 4.90 Å². The van der Waals surface area contributed by atoms with Crippen LogP contribution in [-0.4, -0.2) is 52.9 Å². The number of hydrogen-bond donors (Lipinski definition) is 1. The minimum absolute atomic E-state index is 0.00901. The summed E-state index contributed by atoms with van der Waals surface area (Å²) >= 11 is 1.35. The number of carbonyl (C=O) groups is 2. The smallest absolute Gasteiger partial charge is 0.341 e. The standard InChI is InChI=1S/C19H24N2O5S/c1-11(2)20-19-21(12(3)4)18(24)16(27-19)9-13-6-7-14(15(8-13)25-5)26-10-17(22)23/h6-9,11-12H,10H2,1-5H3,(H,22,23)/b16-9+,20-19?. The molecule has 0 spiro atoms. The van der Waals surface area contributed by atoms with Gasteiger partial charge < -0.3 is 14.6 Å². The Morgan fingerprint density at radius 3 is 2.56 bits per heavy atom. The van der Waals surface area contributed by atoms with Gasteiger partial charge in [0, 0.05) is 12.1 Å². The molecule has 1 saturated heterocycles. The monoisotopic (exact) mass is 392 g/mol. The van der Waals surface area contributed by atoms with Crippen molar-refractivity contribution >= 4 is 34.9 Å². The van der Waals surface area contributed by atoms with Gasteiger partial charge in [0.1, 0.15) is 0 Å². The summed E-state index contributed by atoms with van der Waals surface area (Å²) in [6, 6.07) is 5.18. The molecule has 0 atom stereocenters. The van der Waals surface area contributed by atoms with Crippen LogP contribution in [0.2, 0.25) is 0 Å². The van der Waals surface area contributed by atoms with Gasteiger partial charge in [-0.05, 0) is 63.2 Å². The molecule has 0 saturated carbocycles. The van der Waals surface area contributed by atoms with Gasteiger partial charge in [0.15, 0.2) is 23.3 Å². The first-order valence-corrected chi connectivity index (χ1v) is 9.38. The maximum absolute atomic E-state index is 12.8. The van der Waals surface area contributed by atoms with Crippen LogP contribution >= 0.6 is 11.8 Å². The van der Waals surface area contributed by atoms with Crippen LogP contribution in [0.25, 0.3) is 6.08 Å². The normalized spacial score (nSPS) is 17.4. The zero-order chi connectivity index (χ0) is 20.1. The molecule has 1 fully saturated rings. The highest BCUT2D eigenvalue weighted by atomic mass is 32.2. The second kappa shape index (κ2) is 8.94. The molecule has 1 aromatic rings. The summed E-state index contributed by atoms with van der Waals surface area (Å²) in [5, 5.41) is 9.44. The molecule has 0 radical (unpaired) electrons. The topological polar surface area (TPSA) is 88.4 Å². The first-order chi connectivity index (χ1) is 12.7. The molecule has 1 aliphatic heterocycles. The Balaban J connectivity index is 2.32. The Kier molecular flexibility index (Phi) is 6.90. The van der Waals surface area contributed by atoms with E-state index in [0.29, 0.717) is 21.6 Å². The highest BCUT2D eigenvalue weighted by Gasteiger charge is 2.35. The minimum atomic E-state index is -1.07. The number of rotatable bonds is 7. The van der Waals surface area contributed by atoms with Crippen molar-refractivity contribution in [3.8, 4) is 11.5 Å². The number of amidine groups is 1. The van der Waals surface area contributed by atoms with Gasteiger partial charge in [-0.1, -0.05) is 6.07 Å². The summed E-state index contributed by atoms with van der Waals surface area (Å²) in [7, 11) is 1.48. The summed E-state index contributed by atoms with van der Waals surface area (Å²) in [5.74, 6) is -0.419. The summed E-state index contributed by atoms with van der Waals surface area (Å²) in [4.78, 5) is 30.3. The van der Waals surface area contributed by atoms with E-state index < -0.39 is 12.6 Å². The fraction of sp³-hybridized carbons (Fsp3) is 0.421. The van der Waals surface area contributed by atoms with E-state index in [1.54, 1.807) is 29.2 Å². The van der Waals surface area contributed by atoms with Crippen LogP contribution in [0.15, 0.2) is 28.1 Å². The van der Waals surface area contributed by atoms with Crippen molar-refractivity contribution in [1.29, 1.82) is 0 Å². The lowest BCUT2D eigenvalue weighted by atomic mass is 10.1. The van der Waals surface area contributed by atoms with Crippen LogP contribution in [0.3, 0.4) is 0 Å². The molecular weight excluding hydrogens is 368 g/mol. The predicted octanol–water partition coefficient (Wildman–Crippen LogP) is 3.25. The van der Waals surface area contributed by atoms with Crippen LogP contribution in [-0.2, 0) is 9.59 Å². The van der Waals surface area contributed by atoms with E-state index >= 15 is 0 Å². The van der Waals surface area contributed by atoms with E-state index in [1.807, 2.05) is 27.7 Å². The first kappa shape index (κ1) is 20.8. The Morgan fingerprint density at radius 2 is 2.00 bits per heavy atom. The van der Waals surface area contributed by atoms with Gasteiger partial charge in [0.05, 0.1) is 12.0 Å². The van der Waals surface area contributed by atoms with Crippen LogP contribution in [0.5, 0.6) is 11.5 Å². The van der Waals surface area contributed by atoms with Crippen LogP contribution in [0.1, 0.15) is 33.3 Å².